The summed E-state index contributed by atoms with van der Waals surface area (Å²) >= 11 is 1.56. The van der Waals surface area contributed by atoms with E-state index in [0.29, 0.717) is 13.1 Å². The molecule has 2 N–H and O–H groups in total. The highest BCUT2D eigenvalue weighted by atomic mass is 32.1. The molecule has 0 aliphatic rings. The van der Waals surface area contributed by atoms with Gasteiger partial charge < -0.3 is 14.9 Å². The van der Waals surface area contributed by atoms with Gasteiger partial charge in [-0.2, -0.15) is 0 Å². The number of aliphatic hydroxyl groups excluding tert-OH is 1. The lowest BCUT2D eigenvalue weighted by molar-refractivity contribution is -0.118. The van der Waals surface area contributed by atoms with E-state index in [-0.39, 0.29) is 5.91 Å². The van der Waals surface area contributed by atoms with Gasteiger partial charge in [0.25, 0.3) is 0 Å². The first-order chi connectivity index (χ1) is 13.8. The van der Waals surface area contributed by atoms with E-state index >= 15 is 0 Å². The Kier molecular flexibility index (Phi) is 6.75. The predicted octanol–water partition coefficient (Wildman–Crippen LogP) is 1.94. The van der Waals surface area contributed by atoms with Crippen molar-refractivity contribution < 1.29 is 9.90 Å². The summed E-state index contributed by atoms with van der Waals surface area (Å²) in [4.78, 5) is 17.7. The molecule has 8 nitrogen and oxygen atoms in total. The van der Waals surface area contributed by atoms with E-state index in [2.05, 4.69) is 15.6 Å². The highest BCUT2D eigenvalue weighted by molar-refractivity contribution is 7.11. The number of hydrogen-bond donors (Lipinski definition) is 2. The second kappa shape index (κ2) is 9.27. The van der Waals surface area contributed by atoms with Gasteiger partial charge in [-0.1, -0.05) is 5.21 Å². The van der Waals surface area contributed by atoms with E-state index in [0.717, 1.165) is 26.8 Å². The number of likely N-dealkylation sites (N-methyl/N-ethyl adjacent to an activating group) is 2. The van der Waals surface area contributed by atoms with Crippen molar-refractivity contribution in [3.63, 3.8) is 0 Å². The van der Waals surface area contributed by atoms with Crippen molar-refractivity contribution in [3.8, 4) is 5.69 Å². The van der Waals surface area contributed by atoms with Crippen LogP contribution in [0.4, 0.5) is 5.69 Å². The highest BCUT2D eigenvalue weighted by Crippen LogP contribution is 2.21. The highest BCUT2D eigenvalue weighted by Gasteiger charge is 2.13. The fourth-order valence-corrected chi connectivity index (χ4v) is 3.60. The average Bonchev–Trinajstić information content (AvgIpc) is 3.34. The van der Waals surface area contributed by atoms with Gasteiger partial charge in [-0.25, -0.2) is 4.68 Å². The molecule has 0 aliphatic carbocycles. The molecule has 0 radical (unpaired) electrons. The van der Waals surface area contributed by atoms with Crippen LogP contribution in [0.1, 0.15) is 21.7 Å². The number of nitrogens with zero attached hydrogens (tertiary/aromatic N) is 5. The Morgan fingerprint density at radius 2 is 1.93 bits per heavy atom. The second-order valence-electron chi connectivity index (χ2n) is 7.09. The quantitative estimate of drug-likeness (QED) is 0.548. The molecule has 3 aromatic rings. The number of anilines is 1. The molecule has 3 rings (SSSR count). The minimum Gasteiger partial charge on any atom is -0.373 e. The number of aromatic nitrogens is 3. The third-order valence-electron chi connectivity index (χ3n) is 4.38. The van der Waals surface area contributed by atoms with Crippen LogP contribution in [-0.2, 0) is 11.3 Å². The fraction of sp³-hybridized carbons (Fsp3) is 0.350. The van der Waals surface area contributed by atoms with Gasteiger partial charge >= 0.3 is 0 Å². The fourth-order valence-electron chi connectivity index (χ4n) is 2.76. The number of aryl methyl sites for hydroxylation is 1. The van der Waals surface area contributed by atoms with Crippen LogP contribution in [0.25, 0.3) is 5.69 Å². The molecule has 2 heterocycles. The van der Waals surface area contributed by atoms with Crippen LogP contribution < -0.4 is 10.2 Å². The van der Waals surface area contributed by atoms with Crippen molar-refractivity contribution in [2.45, 2.75) is 19.7 Å². The molecule has 1 atom stereocenters. The minimum atomic E-state index is -0.728. The van der Waals surface area contributed by atoms with Crippen molar-refractivity contribution in [3.05, 3.63) is 58.0 Å². The molecular formula is C20H26N6O2S. The minimum absolute atomic E-state index is 0.0244. The normalized spacial score (nSPS) is 12.3. The number of nitrogens with one attached hydrogen (secondary N) is 1. The summed E-state index contributed by atoms with van der Waals surface area (Å²) in [5, 5.41) is 21.6. The van der Waals surface area contributed by atoms with Crippen LogP contribution in [0.3, 0.4) is 0 Å². The second-order valence-corrected chi connectivity index (χ2v) is 8.41. The smallest absolute Gasteiger partial charge is 0.240 e. The van der Waals surface area contributed by atoms with E-state index < -0.39 is 6.23 Å². The van der Waals surface area contributed by atoms with Crippen LogP contribution >= 0.6 is 11.3 Å². The Bertz CT molecular complexity index is 950. The molecule has 1 amide bonds. The van der Waals surface area contributed by atoms with E-state index in [9.17, 15) is 9.90 Å². The topological polar surface area (TPSA) is 86.5 Å². The summed E-state index contributed by atoms with van der Waals surface area (Å²) in [7, 11) is 5.50. The van der Waals surface area contributed by atoms with E-state index in [1.807, 2.05) is 68.5 Å². The third-order valence-corrected chi connectivity index (χ3v) is 5.43. The lowest BCUT2D eigenvalue weighted by atomic mass is 10.2. The number of aliphatic hydroxyl groups is 1. The SMILES string of the molecule is Cc1ccc(C(O)NCc2cn(-c3ccc(N(C)C(=O)CN(C)C)cc3)nn2)s1. The Morgan fingerprint density at radius 1 is 1.21 bits per heavy atom. The molecule has 0 saturated heterocycles. The summed E-state index contributed by atoms with van der Waals surface area (Å²) in [5.41, 5.74) is 2.38. The molecule has 0 bridgehead atoms. The first-order valence-electron chi connectivity index (χ1n) is 9.24. The van der Waals surface area contributed by atoms with Crippen molar-refractivity contribution in [2.24, 2.45) is 0 Å². The molecule has 154 valence electrons. The van der Waals surface area contributed by atoms with Crippen LogP contribution in [0.2, 0.25) is 0 Å². The average molecular weight is 415 g/mol. The summed E-state index contributed by atoms with van der Waals surface area (Å²) in [5.74, 6) is 0.0244. The molecule has 0 spiro atoms. The molecule has 1 unspecified atom stereocenters. The number of amides is 1. The molecule has 29 heavy (non-hydrogen) atoms. The largest absolute Gasteiger partial charge is 0.373 e. The summed E-state index contributed by atoms with van der Waals surface area (Å²) in [6.45, 7) is 2.76. The van der Waals surface area contributed by atoms with Gasteiger partial charge in [0.15, 0.2) is 0 Å². The molecule has 0 saturated carbocycles. The van der Waals surface area contributed by atoms with Crippen LogP contribution in [0, 0.1) is 6.92 Å². The van der Waals surface area contributed by atoms with Gasteiger partial charge in [0.1, 0.15) is 6.23 Å². The van der Waals surface area contributed by atoms with Crippen LogP contribution in [-0.4, -0.2) is 58.6 Å². The van der Waals surface area contributed by atoms with Crippen molar-refractivity contribution in [1.29, 1.82) is 0 Å². The summed E-state index contributed by atoms with van der Waals surface area (Å²) in [6, 6.07) is 11.4. The van der Waals surface area contributed by atoms with Crippen molar-refractivity contribution >= 4 is 22.9 Å². The van der Waals surface area contributed by atoms with E-state index in [1.165, 1.54) is 0 Å². The number of benzene rings is 1. The zero-order chi connectivity index (χ0) is 21.0. The summed E-state index contributed by atoms with van der Waals surface area (Å²) in [6.07, 6.45) is 1.09. The lowest BCUT2D eigenvalue weighted by Crippen LogP contribution is -2.34. The molecule has 2 aromatic heterocycles. The molecule has 1 aromatic carbocycles. The molecular weight excluding hydrogens is 388 g/mol. The summed E-state index contributed by atoms with van der Waals surface area (Å²) < 4.78 is 1.67. The number of hydrogen-bond acceptors (Lipinski definition) is 7. The van der Waals surface area contributed by atoms with Gasteiger partial charge in [-0.3, -0.25) is 10.1 Å². The maximum absolute atomic E-state index is 12.2. The number of thiophene rings is 1. The van der Waals surface area contributed by atoms with E-state index in [1.54, 1.807) is 28.0 Å². The zero-order valence-corrected chi connectivity index (χ0v) is 17.8. The monoisotopic (exact) mass is 414 g/mol. The Labute approximate surface area is 174 Å². The van der Waals surface area contributed by atoms with Gasteiger partial charge in [-0.05, 0) is 57.4 Å². The lowest BCUT2D eigenvalue weighted by Gasteiger charge is -2.19. The first kappa shape index (κ1) is 21.1. The van der Waals surface area contributed by atoms with Gasteiger partial charge in [-0.15, -0.1) is 16.4 Å². The number of carbonyl (C=O) groups excluding carboxylic acids is 1. The van der Waals surface area contributed by atoms with Gasteiger partial charge in [0.05, 0.1) is 24.1 Å². The van der Waals surface area contributed by atoms with E-state index in [4.69, 9.17) is 0 Å². The standard InChI is InChI=1S/C20H26N6O2S/c1-14-5-10-18(29-14)20(28)21-11-15-12-26(23-22-15)17-8-6-16(7-9-17)25(4)19(27)13-24(2)3/h5-10,12,20-21,28H,11,13H2,1-4H3. The molecule has 0 aliphatic heterocycles. The maximum Gasteiger partial charge on any atom is 0.240 e. The number of carbonyl (C=O) groups is 1. The maximum atomic E-state index is 12.2. The van der Waals surface area contributed by atoms with Gasteiger partial charge in [0.2, 0.25) is 5.91 Å². The van der Waals surface area contributed by atoms with Crippen LogP contribution in [0.15, 0.2) is 42.6 Å². The Hall–Kier alpha value is -2.59. The van der Waals surface area contributed by atoms with Gasteiger partial charge in [0, 0.05) is 29.0 Å². The van der Waals surface area contributed by atoms with Crippen LogP contribution in [0.5, 0.6) is 0 Å². The van der Waals surface area contributed by atoms with Crippen molar-refractivity contribution in [2.75, 3.05) is 32.6 Å². The third kappa shape index (κ3) is 5.48. The Balaban J connectivity index is 1.60. The number of rotatable bonds is 8. The van der Waals surface area contributed by atoms with Crippen molar-refractivity contribution in [1.82, 2.24) is 25.2 Å². The molecule has 0 fully saturated rings. The first-order valence-corrected chi connectivity index (χ1v) is 10.1. The predicted molar refractivity (Wildman–Crippen MR) is 114 cm³/mol. The molecule has 9 heteroatoms. The zero-order valence-electron chi connectivity index (χ0n) is 17.0. The Morgan fingerprint density at radius 3 is 2.55 bits per heavy atom.